The molecular formula is C20H18BrNO2S. The molecule has 3 aromatic rings. The first-order valence-electron chi connectivity index (χ1n) is 7.91. The van der Waals surface area contributed by atoms with Gasteiger partial charge in [-0.1, -0.05) is 76.6 Å². The third-order valence-corrected chi connectivity index (χ3v) is 5.97. The summed E-state index contributed by atoms with van der Waals surface area (Å²) in [7, 11) is -3.56. The van der Waals surface area contributed by atoms with Crippen molar-refractivity contribution in [2.24, 2.45) is 0 Å². The van der Waals surface area contributed by atoms with Crippen LogP contribution in [0, 0.1) is 0 Å². The van der Waals surface area contributed by atoms with Gasteiger partial charge in [0.15, 0.2) is 0 Å². The quantitative estimate of drug-likeness (QED) is 0.641. The summed E-state index contributed by atoms with van der Waals surface area (Å²) >= 11 is 3.32. The fourth-order valence-corrected chi connectivity index (χ4v) is 4.00. The van der Waals surface area contributed by atoms with E-state index in [-0.39, 0.29) is 10.8 Å². The minimum absolute atomic E-state index is 0.0485. The molecule has 0 amide bonds. The van der Waals surface area contributed by atoms with Gasteiger partial charge in [0.05, 0.1) is 4.90 Å². The molecule has 0 atom stereocenters. The van der Waals surface area contributed by atoms with Crippen LogP contribution in [0.15, 0.2) is 94.3 Å². The molecule has 25 heavy (non-hydrogen) atoms. The number of sulfonamides is 1. The molecule has 3 nitrogen and oxygen atoms in total. The second-order valence-corrected chi connectivity index (χ2v) is 8.36. The Morgan fingerprint density at radius 2 is 1.24 bits per heavy atom. The summed E-state index contributed by atoms with van der Waals surface area (Å²) in [5, 5.41) is 0. The number of hydrogen-bond donors (Lipinski definition) is 1. The van der Waals surface area contributed by atoms with Crippen LogP contribution >= 0.6 is 15.9 Å². The molecule has 0 aliphatic carbocycles. The molecule has 0 aliphatic heterocycles. The maximum absolute atomic E-state index is 12.6. The number of benzene rings is 3. The van der Waals surface area contributed by atoms with Crippen LogP contribution in [0.5, 0.6) is 0 Å². The number of nitrogens with one attached hydrogen (secondary N) is 1. The van der Waals surface area contributed by atoms with Crippen LogP contribution in [-0.2, 0) is 10.0 Å². The summed E-state index contributed by atoms with van der Waals surface area (Å²) in [4.78, 5) is 0.260. The maximum atomic E-state index is 12.6. The lowest BCUT2D eigenvalue weighted by Crippen LogP contribution is -2.29. The molecule has 3 rings (SSSR count). The highest BCUT2D eigenvalue weighted by Crippen LogP contribution is 2.24. The third kappa shape index (κ3) is 4.57. The Labute approximate surface area is 156 Å². The second-order valence-electron chi connectivity index (χ2n) is 5.68. The molecule has 0 heterocycles. The van der Waals surface area contributed by atoms with Crippen molar-refractivity contribution >= 4 is 26.0 Å². The van der Waals surface area contributed by atoms with E-state index in [0.29, 0.717) is 6.54 Å². The summed E-state index contributed by atoms with van der Waals surface area (Å²) < 4.78 is 28.8. The van der Waals surface area contributed by atoms with Crippen molar-refractivity contribution in [2.45, 2.75) is 10.8 Å². The molecule has 0 saturated carbocycles. The predicted octanol–water partition coefficient (Wildman–Crippen LogP) is 4.56. The monoisotopic (exact) mass is 415 g/mol. The molecule has 3 aromatic carbocycles. The fraction of sp³-hybridized carbons (Fsp3) is 0.100. The Balaban J connectivity index is 1.85. The third-order valence-electron chi connectivity index (χ3n) is 4.01. The lowest BCUT2D eigenvalue weighted by molar-refractivity contribution is 0.577. The van der Waals surface area contributed by atoms with E-state index in [9.17, 15) is 8.42 Å². The molecule has 0 radical (unpaired) electrons. The van der Waals surface area contributed by atoms with Crippen LogP contribution in [-0.4, -0.2) is 15.0 Å². The summed E-state index contributed by atoms with van der Waals surface area (Å²) in [5.41, 5.74) is 2.15. The predicted molar refractivity (Wildman–Crippen MR) is 104 cm³/mol. The first-order valence-corrected chi connectivity index (χ1v) is 10.2. The van der Waals surface area contributed by atoms with Crippen LogP contribution < -0.4 is 4.72 Å². The van der Waals surface area contributed by atoms with Gasteiger partial charge in [-0.2, -0.15) is 0 Å². The van der Waals surface area contributed by atoms with Gasteiger partial charge in [-0.25, -0.2) is 13.1 Å². The molecule has 0 unspecified atom stereocenters. The zero-order valence-corrected chi connectivity index (χ0v) is 15.9. The summed E-state index contributed by atoms with van der Waals surface area (Å²) in [5.74, 6) is -0.0485. The van der Waals surface area contributed by atoms with Crippen molar-refractivity contribution in [3.63, 3.8) is 0 Å². The minimum atomic E-state index is -3.56. The zero-order chi connectivity index (χ0) is 17.7. The van der Waals surface area contributed by atoms with Gasteiger partial charge in [-0.3, -0.25) is 0 Å². The van der Waals surface area contributed by atoms with Gasteiger partial charge in [0.2, 0.25) is 10.0 Å². The molecule has 5 heteroatoms. The largest absolute Gasteiger partial charge is 0.240 e. The fourth-order valence-electron chi connectivity index (χ4n) is 2.69. The van der Waals surface area contributed by atoms with E-state index < -0.39 is 10.0 Å². The van der Waals surface area contributed by atoms with Crippen molar-refractivity contribution in [1.82, 2.24) is 4.72 Å². The maximum Gasteiger partial charge on any atom is 0.240 e. The van der Waals surface area contributed by atoms with E-state index in [1.165, 1.54) is 0 Å². The zero-order valence-electron chi connectivity index (χ0n) is 13.5. The van der Waals surface area contributed by atoms with E-state index in [4.69, 9.17) is 0 Å². The average molecular weight is 416 g/mol. The number of hydrogen-bond acceptors (Lipinski definition) is 2. The molecule has 0 saturated heterocycles. The molecule has 0 bridgehead atoms. The highest BCUT2D eigenvalue weighted by atomic mass is 79.9. The van der Waals surface area contributed by atoms with E-state index in [0.717, 1.165) is 15.6 Å². The summed E-state index contributed by atoms with van der Waals surface area (Å²) in [6, 6.07) is 26.5. The average Bonchev–Trinajstić information content (AvgIpc) is 2.64. The summed E-state index contributed by atoms with van der Waals surface area (Å²) in [6.07, 6.45) is 0. The van der Waals surface area contributed by atoms with Crippen molar-refractivity contribution < 1.29 is 8.42 Å². The number of halogens is 1. The van der Waals surface area contributed by atoms with E-state index >= 15 is 0 Å². The number of rotatable bonds is 6. The van der Waals surface area contributed by atoms with Gasteiger partial charge in [0, 0.05) is 16.9 Å². The van der Waals surface area contributed by atoms with Crippen LogP contribution in [0.3, 0.4) is 0 Å². The van der Waals surface area contributed by atoms with Gasteiger partial charge in [-0.05, 0) is 35.4 Å². The summed E-state index contributed by atoms with van der Waals surface area (Å²) in [6.45, 7) is 0.298. The normalized spacial score (nSPS) is 11.6. The smallest absolute Gasteiger partial charge is 0.210 e. The Hall–Kier alpha value is -1.95. The van der Waals surface area contributed by atoms with E-state index in [2.05, 4.69) is 20.7 Å². The van der Waals surface area contributed by atoms with Crippen LogP contribution in [0.2, 0.25) is 0 Å². The van der Waals surface area contributed by atoms with E-state index in [1.54, 1.807) is 24.3 Å². The van der Waals surface area contributed by atoms with Gasteiger partial charge < -0.3 is 0 Å². The van der Waals surface area contributed by atoms with Crippen LogP contribution in [0.4, 0.5) is 0 Å². The lowest BCUT2D eigenvalue weighted by atomic mass is 9.92. The molecule has 0 aliphatic rings. The molecule has 0 fully saturated rings. The Morgan fingerprint density at radius 1 is 0.760 bits per heavy atom. The lowest BCUT2D eigenvalue weighted by Gasteiger charge is -2.19. The Morgan fingerprint density at radius 3 is 1.72 bits per heavy atom. The van der Waals surface area contributed by atoms with Gasteiger partial charge in [0.1, 0.15) is 0 Å². The van der Waals surface area contributed by atoms with Gasteiger partial charge in [-0.15, -0.1) is 0 Å². The van der Waals surface area contributed by atoms with Crippen molar-refractivity contribution in [3.8, 4) is 0 Å². The molecule has 1 N–H and O–H groups in total. The molecule has 0 aromatic heterocycles. The van der Waals surface area contributed by atoms with Gasteiger partial charge >= 0.3 is 0 Å². The SMILES string of the molecule is O=S(=O)(NCC(c1ccccc1)c1ccccc1)c1ccc(Br)cc1. The second kappa shape index (κ2) is 7.95. The van der Waals surface area contributed by atoms with Crippen LogP contribution in [0.25, 0.3) is 0 Å². The van der Waals surface area contributed by atoms with Crippen LogP contribution in [0.1, 0.15) is 17.0 Å². The standard InChI is InChI=1S/C20H18BrNO2S/c21-18-11-13-19(14-12-18)25(23,24)22-15-20(16-7-3-1-4-8-16)17-9-5-2-6-10-17/h1-14,20,22H,15H2. The Kier molecular flexibility index (Phi) is 5.68. The molecule has 128 valence electrons. The first-order chi connectivity index (χ1) is 12.1. The van der Waals surface area contributed by atoms with Crippen molar-refractivity contribution in [3.05, 3.63) is 101 Å². The molecule has 0 spiro atoms. The van der Waals surface area contributed by atoms with E-state index in [1.807, 2.05) is 60.7 Å². The first kappa shape index (κ1) is 17.9. The minimum Gasteiger partial charge on any atom is -0.210 e. The topological polar surface area (TPSA) is 46.2 Å². The highest BCUT2D eigenvalue weighted by Gasteiger charge is 2.19. The van der Waals surface area contributed by atoms with Crippen molar-refractivity contribution in [2.75, 3.05) is 6.54 Å². The van der Waals surface area contributed by atoms with Crippen molar-refractivity contribution in [1.29, 1.82) is 0 Å². The van der Waals surface area contributed by atoms with Gasteiger partial charge in [0.25, 0.3) is 0 Å². The highest BCUT2D eigenvalue weighted by molar-refractivity contribution is 9.10. The molecular weight excluding hydrogens is 398 g/mol. The Bertz CT molecular complexity index is 871.